The van der Waals surface area contributed by atoms with Gasteiger partial charge in [0.1, 0.15) is 22.2 Å². The molecule has 0 saturated heterocycles. The minimum atomic E-state index is -0.719. The number of esters is 1. The molecule has 0 spiro atoms. The van der Waals surface area contributed by atoms with Gasteiger partial charge in [-0.05, 0) is 31.2 Å². The molecule has 0 atom stereocenters. The molecule has 3 rings (SSSR count). The van der Waals surface area contributed by atoms with Gasteiger partial charge < -0.3 is 15.2 Å². The van der Waals surface area contributed by atoms with E-state index in [9.17, 15) is 19.5 Å². The molecular weight excluding hydrogens is 358 g/mol. The summed E-state index contributed by atoms with van der Waals surface area (Å²) < 4.78 is 4.98. The molecule has 2 N–H and O–H groups in total. The highest BCUT2D eigenvalue weighted by Crippen LogP contribution is 2.39. The van der Waals surface area contributed by atoms with Crippen molar-refractivity contribution in [2.45, 2.75) is 13.8 Å². The molecule has 1 aliphatic carbocycles. The summed E-state index contributed by atoms with van der Waals surface area (Å²) in [5.74, 6) is -2.58. The summed E-state index contributed by atoms with van der Waals surface area (Å²) in [5, 5.41) is 12.6. The van der Waals surface area contributed by atoms with Gasteiger partial charge in [0.25, 0.3) is 0 Å². The summed E-state index contributed by atoms with van der Waals surface area (Å²) in [6.45, 7) is 3.08. The number of hydrogen-bond donors (Lipinski definition) is 2. The third kappa shape index (κ3) is 3.07. The number of allylic oxidation sites excluding steroid dienone is 2. The number of hydrogen-bond acceptors (Lipinski definition) is 6. The van der Waals surface area contributed by atoms with Gasteiger partial charge >= 0.3 is 5.97 Å². The van der Waals surface area contributed by atoms with Gasteiger partial charge in [-0.3, -0.25) is 14.4 Å². The molecule has 0 aliphatic heterocycles. The van der Waals surface area contributed by atoms with Crippen molar-refractivity contribution >= 4 is 34.8 Å². The lowest BCUT2D eigenvalue weighted by Crippen LogP contribution is -2.25. The van der Waals surface area contributed by atoms with Gasteiger partial charge in [0, 0.05) is 12.6 Å². The normalized spacial score (nSPS) is 13.5. The number of ketones is 2. The lowest BCUT2D eigenvalue weighted by atomic mass is 9.90. The van der Waals surface area contributed by atoms with E-state index in [1.54, 1.807) is 12.1 Å². The van der Waals surface area contributed by atoms with E-state index in [-0.39, 0.29) is 27.6 Å². The van der Waals surface area contributed by atoms with Crippen LogP contribution >= 0.6 is 11.6 Å². The van der Waals surface area contributed by atoms with E-state index >= 15 is 0 Å². The summed E-state index contributed by atoms with van der Waals surface area (Å²) in [4.78, 5) is 36.8. The van der Waals surface area contributed by atoms with Crippen LogP contribution in [0.25, 0.3) is 0 Å². The fourth-order valence-corrected chi connectivity index (χ4v) is 2.84. The van der Waals surface area contributed by atoms with Gasteiger partial charge in [-0.2, -0.15) is 0 Å². The summed E-state index contributed by atoms with van der Waals surface area (Å²) >= 11 is 6.12. The minimum absolute atomic E-state index is 0.129. The summed E-state index contributed by atoms with van der Waals surface area (Å²) in [6, 6.07) is 9.55. The smallest absolute Gasteiger partial charge is 0.308 e. The van der Waals surface area contributed by atoms with Crippen LogP contribution in [0.5, 0.6) is 11.5 Å². The third-order valence-electron chi connectivity index (χ3n) is 3.82. The molecule has 0 saturated carbocycles. The molecule has 0 heterocycles. The fourth-order valence-electron chi connectivity index (χ4n) is 2.61. The number of benzene rings is 2. The number of Topliss-reactive ketones (excluding diaryl/α,β-unsaturated/α-hetero) is 2. The summed E-state index contributed by atoms with van der Waals surface area (Å²) in [6.07, 6.45) is 0. The van der Waals surface area contributed by atoms with Crippen molar-refractivity contribution in [3.05, 3.63) is 63.8 Å². The van der Waals surface area contributed by atoms with Crippen LogP contribution in [0.2, 0.25) is 0 Å². The van der Waals surface area contributed by atoms with Crippen LogP contribution in [0.4, 0.5) is 5.69 Å². The molecule has 0 amide bonds. The zero-order valence-electron chi connectivity index (χ0n) is 13.9. The van der Waals surface area contributed by atoms with Crippen molar-refractivity contribution in [1.82, 2.24) is 0 Å². The maximum Gasteiger partial charge on any atom is 0.308 e. The van der Waals surface area contributed by atoms with E-state index in [4.69, 9.17) is 16.3 Å². The minimum Gasteiger partial charge on any atom is -0.507 e. The second kappa shape index (κ2) is 6.65. The summed E-state index contributed by atoms with van der Waals surface area (Å²) in [5.41, 5.74) is 0.945. The predicted molar refractivity (Wildman–Crippen MR) is 95.8 cm³/mol. The van der Waals surface area contributed by atoms with E-state index in [1.807, 2.05) is 19.1 Å². The standard InChI is InChI=1S/C19H14ClNO5/c1-9-3-5-11(6-4-9)21-17-16(20)18(24)15-13(26-10(2)22)8-7-12(23)14(15)19(17)25/h3-8,21,23H,1-2H3. The van der Waals surface area contributed by atoms with Crippen molar-refractivity contribution in [2.75, 3.05) is 5.32 Å². The first-order valence-corrected chi connectivity index (χ1v) is 8.04. The number of ether oxygens (including phenoxy) is 1. The second-order valence-electron chi connectivity index (χ2n) is 5.76. The average Bonchev–Trinajstić information content (AvgIpc) is 2.59. The van der Waals surface area contributed by atoms with Gasteiger partial charge in [-0.1, -0.05) is 29.3 Å². The monoisotopic (exact) mass is 371 g/mol. The maximum absolute atomic E-state index is 12.8. The zero-order chi connectivity index (χ0) is 19.0. The van der Waals surface area contributed by atoms with Gasteiger partial charge in [-0.15, -0.1) is 0 Å². The van der Waals surface area contributed by atoms with E-state index < -0.39 is 23.3 Å². The van der Waals surface area contributed by atoms with Gasteiger partial charge in [0.05, 0.1) is 11.1 Å². The van der Waals surface area contributed by atoms with Crippen molar-refractivity contribution in [3.8, 4) is 11.5 Å². The quantitative estimate of drug-likeness (QED) is 0.633. The lowest BCUT2D eigenvalue weighted by molar-refractivity contribution is -0.131. The van der Waals surface area contributed by atoms with E-state index in [2.05, 4.69) is 5.32 Å². The predicted octanol–water partition coefficient (Wildman–Crippen LogP) is 3.57. The number of aryl methyl sites for hydroxylation is 1. The van der Waals surface area contributed by atoms with Gasteiger partial charge in [0.15, 0.2) is 0 Å². The Morgan fingerprint density at radius 2 is 1.69 bits per heavy atom. The number of phenolic OH excluding ortho intramolecular Hbond substituents is 1. The number of anilines is 1. The number of carbonyl (C=O) groups excluding carboxylic acids is 3. The molecule has 6 nitrogen and oxygen atoms in total. The number of nitrogens with one attached hydrogen (secondary N) is 1. The highest BCUT2D eigenvalue weighted by atomic mass is 35.5. The van der Waals surface area contributed by atoms with Crippen LogP contribution in [0.1, 0.15) is 33.2 Å². The highest BCUT2D eigenvalue weighted by Gasteiger charge is 2.36. The third-order valence-corrected chi connectivity index (χ3v) is 4.18. The Kier molecular flexibility index (Phi) is 4.52. The van der Waals surface area contributed by atoms with Gasteiger partial charge in [-0.25, -0.2) is 0 Å². The zero-order valence-corrected chi connectivity index (χ0v) is 14.7. The van der Waals surface area contributed by atoms with Crippen LogP contribution in [0, 0.1) is 6.92 Å². The molecule has 0 radical (unpaired) electrons. The second-order valence-corrected chi connectivity index (χ2v) is 6.14. The first kappa shape index (κ1) is 17.7. The topological polar surface area (TPSA) is 92.7 Å². The van der Waals surface area contributed by atoms with Crippen molar-refractivity contribution < 1.29 is 24.2 Å². The Bertz CT molecular complexity index is 976. The number of fused-ring (bicyclic) bond motifs is 1. The molecule has 7 heteroatoms. The first-order valence-electron chi connectivity index (χ1n) is 7.67. The van der Waals surface area contributed by atoms with Crippen LogP contribution in [0.15, 0.2) is 47.1 Å². The first-order chi connectivity index (χ1) is 12.3. The molecule has 0 fully saturated rings. The number of aromatic hydroxyl groups is 1. The largest absolute Gasteiger partial charge is 0.507 e. The molecule has 2 aromatic carbocycles. The number of rotatable bonds is 3. The molecule has 0 unspecified atom stereocenters. The lowest BCUT2D eigenvalue weighted by Gasteiger charge is -2.21. The van der Waals surface area contributed by atoms with Crippen LogP contribution in [-0.2, 0) is 4.79 Å². The Balaban J connectivity index is 2.10. The molecule has 1 aliphatic rings. The molecule has 132 valence electrons. The van der Waals surface area contributed by atoms with Gasteiger partial charge in [0.2, 0.25) is 11.6 Å². The molecular formula is C19H14ClNO5. The van der Waals surface area contributed by atoms with E-state index in [0.29, 0.717) is 5.69 Å². The Morgan fingerprint density at radius 1 is 1.04 bits per heavy atom. The molecule has 2 aromatic rings. The number of phenols is 1. The van der Waals surface area contributed by atoms with Crippen molar-refractivity contribution in [2.24, 2.45) is 0 Å². The van der Waals surface area contributed by atoms with E-state index in [0.717, 1.165) is 12.5 Å². The Hall–Kier alpha value is -3.12. The molecule has 0 bridgehead atoms. The SMILES string of the molecule is CC(=O)Oc1ccc(O)c2c1C(=O)C(Cl)=C(Nc1ccc(C)cc1)C2=O. The average molecular weight is 372 g/mol. The van der Waals surface area contributed by atoms with Crippen LogP contribution < -0.4 is 10.1 Å². The molecule has 0 aromatic heterocycles. The van der Waals surface area contributed by atoms with E-state index in [1.165, 1.54) is 12.1 Å². The van der Waals surface area contributed by atoms with Crippen molar-refractivity contribution in [3.63, 3.8) is 0 Å². The number of carbonyl (C=O) groups is 3. The number of halogens is 1. The van der Waals surface area contributed by atoms with Crippen LogP contribution in [-0.4, -0.2) is 22.6 Å². The van der Waals surface area contributed by atoms with Crippen LogP contribution in [0.3, 0.4) is 0 Å². The maximum atomic E-state index is 12.8. The highest BCUT2D eigenvalue weighted by molar-refractivity contribution is 6.50. The Morgan fingerprint density at radius 3 is 2.31 bits per heavy atom. The van der Waals surface area contributed by atoms with Crippen molar-refractivity contribution in [1.29, 1.82) is 0 Å². The summed E-state index contributed by atoms with van der Waals surface area (Å²) in [7, 11) is 0. The molecule has 26 heavy (non-hydrogen) atoms. The Labute approximate surface area is 154 Å². The fraction of sp³-hybridized carbons (Fsp3) is 0.105.